The van der Waals surface area contributed by atoms with Gasteiger partial charge in [0.15, 0.2) is 0 Å². The van der Waals surface area contributed by atoms with Crippen molar-refractivity contribution in [3.63, 3.8) is 0 Å². The van der Waals surface area contributed by atoms with E-state index in [1.807, 2.05) is 37.4 Å². The van der Waals surface area contributed by atoms with Crippen LogP contribution in [0.25, 0.3) is 0 Å². The van der Waals surface area contributed by atoms with Gasteiger partial charge in [-0.15, -0.1) is 0 Å². The van der Waals surface area contributed by atoms with Gasteiger partial charge in [-0.25, -0.2) is 4.98 Å². The monoisotopic (exact) mass is 292 g/mol. The number of aromatic nitrogens is 1. The number of phenols is 1. The summed E-state index contributed by atoms with van der Waals surface area (Å²) in [6.07, 6.45) is 1.81. The molecule has 0 atom stereocenters. The van der Waals surface area contributed by atoms with Crippen LogP contribution in [0, 0.1) is 6.92 Å². The molecule has 0 saturated heterocycles. The summed E-state index contributed by atoms with van der Waals surface area (Å²) >= 11 is 3.38. The topological polar surface area (TPSA) is 45.1 Å². The van der Waals surface area contributed by atoms with E-state index >= 15 is 0 Å². The molecule has 0 unspecified atom stereocenters. The van der Waals surface area contributed by atoms with Crippen LogP contribution in [0.4, 0.5) is 5.82 Å². The van der Waals surface area contributed by atoms with Crippen LogP contribution in [0.2, 0.25) is 0 Å². The first kappa shape index (κ1) is 11.9. The maximum atomic E-state index is 9.68. The Balaban J connectivity index is 2.07. The number of benzene rings is 1. The van der Waals surface area contributed by atoms with E-state index in [9.17, 15) is 5.11 Å². The average molecular weight is 293 g/mol. The molecule has 0 saturated carbocycles. The predicted molar refractivity (Wildman–Crippen MR) is 72.1 cm³/mol. The lowest BCUT2D eigenvalue weighted by Gasteiger charge is -2.08. The van der Waals surface area contributed by atoms with E-state index in [0.29, 0.717) is 6.54 Å². The fourth-order valence-corrected chi connectivity index (χ4v) is 1.86. The zero-order valence-corrected chi connectivity index (χ0v) is 11.0. The van der Waals surface area contributed by atoms with Gasteiger partial charge in [-0.05, 0) is 36.8 Å². The van der Waals surface area contributed by atoms with E-state index in [1.54, 1.807) is 6.07 Å². The van der Waals surface area contributed by atoms with Crippen LogP contribution in [0.15, 0.2) is 41.0 Å². The second-order valence-corrected chi connectivity index (χ2v) is 4.76. The van der Waals surface area contributed by atoms with E-state index in [0.717, 1.165) is 21.4 Å². The highest BCUT2D eigenvalue weighted by atomic mass is 79.9. The minimum atomic E-state index is 0.285. The van der Waals surface area contributed by atoms with E-state index in [1.165, 1.54) is 0 Å². The van der Waals surface area contributed by atoms with Crippen molar-refractivity contribution in [1.29, 1.82) is 0 Å². The Kier molecular flexibility index (Phi) is 3.64. The number of aromatic hydroxyl groups is 1. The van der Waals surface area contributed by atoms with Crippen LogP contribution in [0.5, 0.6) is 5.75 Å². The maximum Gasteiger partial charge on any atom is 0.126 e. The largest absolute Gasteiger partial charge is 0.508 e. The van der Waals surface area contributed by atoms with Gasteiger partial charge in [0.1, 0.15) is 11.6 Å². The minimum absolute atomic E-state index is 0.285. The second-order valence-electron chi connectivity index (χ2n) is 3.85. The first-order valence-electron chi connectivity index (χ1n) is 5.29. The van der Waals surface area contributed by atoms with Gasteiger partial charge in [0.2, 0.25) is 0 Å². The number of hydrogen-bond donors (Lipinski definition) is 2. The fourth-order valence-electron chi connectivity index (χ4n) is 1.45. The van der Waals surface area contributed by atoms with E-state index in [-0.39, 0.29) is 5.75 Å². The van der Waals surface area contributed by atoms with Gasteiger partial charge in [0, 0.05) is 22.8 Å². The molecule has 1 aromatic carbocycles. The van der Waals surface area contributed by atoms with Crippen LogP contribution in [-0.2, 0) is 6.54 Å². The molecule has 4 heteroatoms. The number of hydrogen-bond acceptors (Lipinski definition) is 3. The van der Waals surface area contributed by atoms with E-state index in [2.05, 4.69) is 26.2 Å². The summed E-state index contributed by atoms with van der Waals surface area (Å²) in [6, 6.07) is 9.28. The van der Waals surface area contributed by atoms with Crippen LogP contribution in [0.3, 0.4) is 0 Å². The normalized spacial score (nSPS) is 10.2. The van der Waals surface area contributed by atoms with Gasteiger partial charge >= 0.3 is 0 Å². The second kappa shape index (κ2) is 5.19. The zero-order valence-electron chi connectivity index (χ0n) is 9.44. The number of aryl methyl sites for hydroxylation is 1. The van der Waals surface area contributed by atoms with E-state index in [4.69, 9.17) is 0 Å². The molecule has 1 heterocycles. The number of halogens is 1. The van der Waals surface area contributed by atoms with Crippen molar-refractivity contribution in [1.82, 2.24) is 4.98 Å². The summed E-state index contributed by atoms with van der Waals surface area (Å²) in [5.74, 6) is 1.09. The molecule has 0 aliphatic heterocycles. The molecular formula is C13H13BrN2O. The summed E-state index contributed by atoms with van der Waals surface area (Å²) < 4.78 is 0.948. The van der Waals surface area contributed by atoms with Crippen molar-refractivity contribution < 1.29 is 5.11 Å². The molecule has 17 heavy (non-hydrogen) atoms. The van der Waals surface area contributed by atoms with Crippen molar-refractivity contribution >= 4 is 21.7 Å². The van der Waals surface area contributed by atoms with Gasteiger partial charge in [0.25, 0.3) is 0 Å². The molecule has 0 aliphatic carbocycles. The van der Waals surface area contributed by atoms with Gasteiger partial charge in [-0.2, -0.15) is 0 Å². The minimum Gasteiger partial charge on any atom is -0.508 e. The zero-order chi connectivity index (χ0) is 12.3. The molecule has 2 aromatic rings. The van der Waals surface area contributed by atoms with Crippen molar-refractivity contribution in [3.8, 4) is 5.75 Å². The van der Waals surface area contributed by atoms with Crippen molar-refractivity contribution in [2.24, 2.45) is 0 Å². The highest BCUT2D eigenvalue weighted by Crippen LogP contribution is 2.22. The molecule has 0 fully saturated rings. The maximum absolute atomic E-state index is 9.68. The molecule has 0 spiro atoms. The molecule has 2 rings (SSSR count). The Bertz CT molecular complexity index is 511. The molecule has 88 valence electrons. The quantitative estimate of drug-likeness (QED) is 0.910. The average Bonchev–Trinajstić information content (AvgIpc) is 2.32. The Labute approximate surface area is 109 Å². The third kappa shape index (κ3) is 3.20. The lowest BCUT2D eigenvalue weighted by Crippen LogP contribution is -2.01. The Morgan fingerprint density at radius 3 is 2.82 bits per heavy atom. The molecule has 0 aliphatic rings. The summed E-state index contributed by atoms with van der Waals surface area (Å²) in [6.45, 7) is 2.54. The summed E-state index contributed by atoms with van der Waals surface area (Å²) in [4.78, 5) is 4.24. The van der Waals surface area contributed by atoms with Crippen molar-refractivity contribution in [2.45, 2.75) is 13.5 Å². The number of anilines is 1. The molecule has 0 radical (unpaired) electrons. The standard InChI is InChI=1S/C13H13BrN2O/c1-9-2-5-13(15-7-9)16-8-10-6-11(14)3-4-12(10)17/h2-7,17H,8H2,1H3,(H,15,16). The molecule has 1 aromatic heterocycles. The number of nitrogens with zero attached hydrogens (tertiary/aromatic N) is 1. The van der Waals surface area contributed by atoms with Crippen LogP contribution in [-0.4, -0.2) is 10.1 Å². The van der Waals surface area contributed by atoms with Gasteiger partial charge in [-0.3, -0.25) is 0 Å². The van der Waals surface area contributed by atoms with Gasteiger partial charge in [-0.1, -0.05) is 22.0 Å². The van der Waals surface area contributed by atoms with Crippen LogP contribution >= 0.6 is 15.9 Å². The molecule has 0 bridgehead atoms. The first-order chi connectivity index (χ1) is 8.15. The molecular weight excluding hydrogens is 280 g/mol. The summed E-state index contributed by atoms with van der Waals surface area (Å²) in [5.41, 5.74) is 1.96. The molecule has 3 nitrogen and oxygen atoms in total. The first-order valence-corrected chi connectivity index (χ1v) is 6.08. The van der Waals surface area contributed by atoms with Gasteiger partial charge in [0.05, 0.1) is 0 Å². The van der Waals surface area contributed by atoms with Crippen molar-refractivity contribution in [3.05, 3.63) is 52.1 Å². The highest BCUT2D eigenvalue weighted by molar-refractivity contribution is 9.10. The smallest absolute Gasteiger partial charge is 0.126 e. The lowest BCUT2D eigenvalue weighted by atomic mass is 10.2. The SMILES string of the molecule is Cc1ccc(NCc2cc(Br)ccc2O)nc1. The third-order valence-electron chi connectivity index (χ3n) is 2.41. The molecule has 2 N–H and O–H groups in total. The number of nitrogens with one attached hydrogen (secondary N) is 1. The van der Waals surface area contributed by atoms with Crippen LogP contribution in [0.1, 0.15) is 11.1 Å². The Hall–Kier alpha value is -1.55. The summed E-state index contributed by atoms with van der Waals surface area (Å²) in [7, 11) is 0. The molecule has 0 amide bonds. The van der Waals surface area contributed by atoms with Crippen LogP contribution < -0.4 is 5.32 Å². The number of pyridine rings is 1. The summed E-state index contributed by atoms with van der Waals surface area (Å²) in [5, 5.41) is 12.8. The third-order valence-corrected chi connectivity index (χ3v) is 2.91. The lowest BCUT2D eigenvalue weighted by molar-refractivity contribution is 0.469. The van der Waals surface area contributed by atoms with E-state index < -0.39 is 0 Å². The fraction of sp³-hybridized carbons (Fsp3) is 0.154. The predicted octanol–water partition coefficient (Wildman–Crippen LogP) is 3.47. The Morgan fingerprint density at radius 1 is 1.29 bits per heavy atom. The van der Waals surface area contributed by atoms with Gasteiger partial charge < -0.3 is 10.4 Å². The Morgan fingerprint density at radius 2 is 2.12 bits per heavy atom. The highest BCUT2D eigenvalue weighted by Gasteiger charge is 2.02. The number of rotatable bonds is 3. The van der Waals surface area contributed by atoms with Crippen molar-refractivity contribution in [2.75, 3.05) is 5.32 Å². The number of phenolic OH excluding ortho intramolecular Hbond substituents is 1.